The Kier molecular flexibility index (Phi) is 4.55. The van der Waals surface area contributed by atoms with Crippen LogP contribution in [-0.4, -0.2) is 28.5 Å². The molecular formula is C13H21N3O3. The van der Waals surface area contributed by atoms with Gasteiger partial charge in [0, 0.05) is 12.1 Å². The third kappa shape index (κ3) is 3.54. The van der Waals surface area contributed by atoms with Gasteiger partial charge in [0.15, 0.2) is 0 Å². The van der Waals surface area contributed by atoms with Crippen LogP contribution in [0.3, 0.4) is 0 Å². The van der Waals surface area contributed by atoms with Crippen molar-refractivity contribution in [1.82, 2.24) is 4.90 Å². The molecule has 6 heteroatoms. The standard InChI is InChI=1S/C13H21N3O3/c1-2-15(11-5-3-10(14)4-6-11)9-12-7-8-13(19-12)16(17)18/h7-8,10-11H,2-6,9,14H2,1H3. The van der Waals surface area contributed by atoms with E-state index in [4.69, 9.17) is 10.2 Å². The molecular weight excluding hydrogens is 246 g/mol. The third-order valence-electron chi connectivity index (χ3n) is 3.85. The van der Waals surface area contributed by atoms with Gasteiger partial charge in [-0.25, -0.2) is 0 Å². The maximum absolute atomic E-state index is 10.6. The van der Waals surface area contributed by atoms with Gasteiger partial charge in [-0.15, -0.1) is 0 Å². The number of hydrogen-bond acceptors (Lipinski definition) is 5. The Hall–Kier alpha value is -1.40. The molecule has 1 aliphatic rings. The zero-order chi connectivity index (χ0) is 13.8. The topological polar surface area (TPSA) is 85.5 Å². The number of furan rings is 1. The van der Waals surface area contributed by atoms with Crippen molar-refractivity contribution in [2.45, 2.75) is 51.2 Å². The van der Waals surface area contributed by atoms with Crippen molar-refractivity contribution in [2.24, 2.45) is 5.73 Å². The lowest BCUT2D eigenvalue weighted by molar-refractivity contribution is -0.402. The van der Waals surface area contributed by atoms with E-state index in [1.807, 2.05) is 0 Å². The van der Waals surface area contributed by atoms with Crippen LogP contribution >= 0.6 is 0 Å². The molecule has 0 aromatic carbocycles. The van der Waals surface area contributed by atoms with Gasteiger partial charge in [-0.2, -0.15) is 0 Å². The number of nitro groups is 1. The van der Waals surface area contributed by atoms with Crippen LogP contribution in [0.15, 0.2) is 16.5 Å². The van der Waals surface area contributed by atoms with E-state index in [2.05, 4.69) is 11.8 Å². The third-order valence-corrected chi connectivity index (χ3v) is 3.85. The van der Waals surface area contributed by atoms with Crippen molar-refractivity contribution >= 4 is 5.88 Å². The molecule has 0 amide bonds. The molecule has 2 rings (SSSR count). The minimum atomic E-state index is -0.501. The summed E-state index contributed by atoms with van der Waals surface area (Å²) < 4.78 is 5.22. The van der Waals surface area contributed by atoms with Crippen LogP contribution in [0.25, 0.3) is 0 Å². The summed E-state index contributed by atoms with van der Waals surface area (Å²) in [4.78, 5) is 12.4. The van der Waals surface area contributed by atoms with Gasteiger partial charge in [0.1, 0.15) is 10.7 Å². The SMILES string of the molecule is CCN(Cc1ccc([N+](=O)[O-])o1)C1CCC(N)CC1. The van der Waals surface area contributed by atoms with Crippen molar-refractivity contribution < 1.29 is 9.34 Å². The predicted octanol–water partition coefficient (Wildman–Crippen LogP) is 2.28. The normalized spacial score (nSPS) is 23.7. The fraction of sp³-hybridized carbons (Fsp3) is 0.692. The van der Waals surface area contributed by atoms with E-state index in [-0.39, 0.29) is 5.88 Å². The Morgan fingerprint density at radius 2 is 2.11 bits per heavy atom. The van der Waals surface area contributed by atoms with Gasteiger partial charge in [0.25, 0.3) is 0 Å². The van der Waals surface area contributed by atoms with Crippen LogP contribution in [0.2, 0.25) is 0 Å². The highest BCUT2D eigenvalue weighted by Gasteiger charge is 2.24. The highest BCUT2D eigenvalue weighted by Crippen LogP contribution is 2.25. The summed E-state index contributed by atoms with van der Waals surface area (Å²) >= 11 is 0. The first-order valence-electron chi connectivity index (χ1n) is 6.83. The van der Waals surface area contributed by atoms with E-state index in [0.717, 1.165) is 32.2 Å². The molecule has 1 aliphatic carbocycles. The van der Waals surface area contributed by atoms with Gasteiger partial charge in [-0.1, -0.05) is 6.92 Å². The van der Waals surface area contributed by atoms with Crippen molar-refractivity contribution in [3.05, 3.63) is 28.0 Å². The lowest BCUT2D eigenvalue weighted by atomic mass is 9.90. The van der Waals surface area contributed by atoms with Gasteiger partial charge in [0.2, 0.25) is 0 Å². The fourth-order valence-electron chi connectivity index (χ4n) is 2.72. The van der Waals surface area contributed by atoms with E-state index >= 15 is 0 Å². The second-order valence-electron chi connectivity index (χ2n) is 5.13. The van der Waals surface area contributed by atoms with Crippen LogP contribution in [0.4, 0.5) is 5.88 Å². The summed E-state index contributed by atoms with van der Waals surface area (Å²) in [5, 5.41) is 10.6. The van der Waals surface area contributed by atoms with Crippen molar-refractivity contribution in [2.75, 3.05) is 6.54 Å². The van der Waals surface area contributed by atoms with Gasteiger partial charge in [-0.3, -0.25) is 15.0 Å². The monoisotopic (exact) mass is 267 g/mol. The molecule has 19 heavy (non-hydrogen) atoms. The quantitative estimate of drug-likeness (QED) is 0.653. The van der Waals surface area contributed by atoms with Gasteiger partial charge >= 0.3 is 5.88 Å². The molecule has 0 atom stereocenters. The average Bonchev–Trinajstić information content (AvgIpc) is 2.86. The fourth-order valence-corrected chi connectivity index (χ4v) is 2.72. The van der Waals surface area contributed by atoms with E-state index < -0.39 is 4.92 Å². The Morgan fingerprint density at radius 1 is 1.42 bits per heavy atom. The number of rotatable bonds is 5. The summed E-state index contributed by atoms with van der Waals surface area (Å²) in [6, 6.07) is 3.95. The number of nitrogens with zero attached hydrogens (tertiary/aromatic N) is 2. The Labute approximate surface area is 112 Å². The second kappa shape index (κ2) is 6.16. The van der Waals surface area contributed by atoms with Gasteiger partial charge < -0.3 is 10.2 Å². The Morgan fingerprint density at radius 3 is 2.63 bits per heavy atom. The van der Waals surface area contributed by atoms with Crippen molar-refractivity contribution in [1.29, 1.82) is 0 Å². The second-order valence-corrected chi connectivity index (χ2v) is 5.13. The molecule has 0 radical (unpaired) electrons. The first-order chi connectivity index (χ1) is 9.10. The molecule has 1 fully saturated rings. The largest absolute Gasteiger partial charge is 0.433 e. The molecule has 0 bridgehead atoms. The van der Waals surface area contributed by atoms with E-state index in [1.54, 1.807) is 6.07 Å². The molecule has 1 aromatic heterocycles. The van der Waals surface area contributed by atoms with Crippen molar-refractivity contribution in [3.63, 3.8) is 0 Å². The molecule has 1 heterocycles. The minimum Gasteiger partial charge on any atom is -0.404 e. The summed E-state index contributed by atoms with van der Waals surface area (Å²) in [5.41, 5.74) is 5.92. The average molecular weight is 267 g/mol. The molecule has 106 valence electrons. The van der Waals surface area contributed by atoms with Crippen LogP contribution in [-0.2, 0) is 6.54 Å². The minimum absolute atomic E-state index is 0.184. The van der Waals surface area contributed by atoms with Crippen LogP contribution < -0.4 is 5.73 Å². The molecule has 0 unspecified atom stereocenters. The summed E-state index contributed by atoms with van der Waals surface area (Å²) in [7, 11) is 0. The zero-order valence-corrected chi connectivity index (χ0v) is 11.2. The smallest absolute Gasteiger partial charge is 0.404 e. The molecule has 1 saturated carbocycles. The van der Waals surface area contributed by atoms with Gasteiger partial charge in [-0.05, 0) is 38.3 Å². The molecule has 6 nitrogen and oxygen atoms in total. The molecule has 2 N–H and O–H groups in total. The molecule has 0 aliphatic heterocycles. The van der Waals surface area contributed by atoms with Crippen molar-refractivity contribution in [3.8, 4) is 0 Å². The molecule has 0 spiro atoms. The van der Waals surface area contributed by atoms with Gasteiger partial charge in [0.05, 0.1) is 12.6 Å². The first-order valence-corrected chi connectivity index (χ1v) is 6.83. The zero-order valence-electron chi connectivity index (χ0n) is 11.2. The molecule has 1 aromatic rings. The maximum atomic E-state index is 10.6. The van der Waals surface area contributed by atoms with E-state index in [9.17, 15) is 10.1 Å². The highest BCUT2D eigenvalue weighted by atomic mass is 16.6. The molecule has 0 saturated heterocycles. The lowest BCUT2D eigenvalue weighted by Crippen LogP contribution is -2.40. The Balaban J connectivity index is 1.96. The van der Waals surface area contributed by atoms with Crippen LogP contribution in [0.5, 0.6) is 0 Å². The predicted molar refractivity (Wildman–Crippen MR) is 71.7 cm³/mol. The first kappa shape index (κ1) is 14.0. The Bertz CT molecular complexity index is 425. The summed E-state index contributed by atoms with van der Waals surface area (Å²) in [6.07, 6.45) is 4.30. The summed E-state index contributed by atoms with van der Waals surface area (Å²) in [6.45, 7) is 3.64. The summed E-state index contributed by atoms with van der Waals surface area (Å²) in [5.74, 6) is 0.472. The van der Waals surface area contributed by atoms with Crippen LogP contribution in [0, 0.1) is 10.1 Å². The highest BCUT2D eigenvalue weighted by molar-refractivity contribution is 5.17. The van der Waals surface area contributed by atoms with E-state index in [0.29, 0.717) is 24.4 Å². The lowest BCUT2D eigenvalue weighted by Gasteiger charge is -2.34. The van der Waals surface area contributed by atoms with Crippen LogP contribution in [0.1, 0.15) is 38.4 Å². The van der Waals surface area contributed by atoms with E-state index in [1.165, 1.54) is 6.07 Å². The number of nitrogens with two attached hydrogens (primary N) is 1. The maximum Gasteiger partial charge on any atom is 0.433 e. The number of hydrogen-bond donors (Lipinski definition) is 1.